The molecule has 4 rings (SSSR count). The van der Waals surface area contributed by atoms with Crippen molar-refractivity contribution in [1.82, 2.24) is 4.57 Å². The Labute approximate surface area is 136 Å². The van der Waals surface area contributed by atoms with Crippen molar-refractivity contribution in [2.75, 3.05) is 0 Å². The zero-order valence-electron chi connectivity index (χ0n) is 13.2. The number of fused-ring (bicyclic) bond motifs is 1. The van der Waals surface area contributed by atoms with Gasteiger partial charge in [-0.2, -0.15) is 0 Å². The summed E-state index contributed by atoms with van der Waals surface area (Å²) in [4.78, 5) is 0. The summed E-state index contributed by atoms with van der Waals surface area (Å²) in [5.41, 5.74) is 6.51. The van der Waals surface area contributed by atoms with Crippen LogP contribution in [-0.4, -0.2) is 4.57 Å². The number of hydrogen-bond acceptors (Lipinski definition) is 0. The van der Waals surface area contributed by atoms with Crippen molar-refractivity contribution < 1.29 is 0 Å². The third-order valence-electron chi connectivity index (χ3n) is 4.37. The average molecular weight is 297 g/mol. The molecule has 0 amide bonds. The number of hydrogen-bond donors (Lipinski definition) is 0. The van der Waals surface area contributed by atoms with Gasteiger partial charge >= 0.3 is 0 Å². The van der Waals surface area contributed by atoms with Gasteiger partial charge in [0, 0.05) is 17.6 Å². The van der Waals surface area contributed by atoms with Crippen LogP contribution in [0.15, 0.2) is 84.9 Å². The van der Waals surface area contributed by atoms with Crippen LogP contribution in [0.25, 0.3) is 22.2 Å². The molecule has 3 aromatic carbocycles. The summed E-state index contributed by atoms with van der Waals surface area (Å²) in [5, 5.41) is 1.31. The zero-order chi connectivity index (χ0) is 15.6. The van der Waals surface area contributed by atoms with Crippen LogP contribution < -0.4 is 0 Å². The molecule has 0 bridgehead atoms. The first-order valence-corrected chi connectivity index (χ1v) is 8.01. The van der Waals surface area contributed by atoms with Crippen LogP contribution in [0.2, 0.25) is 0 Å². The van der Waals surface area contributed by atoms with E-state index >= 15 is 0 Å². The van der Waals surface area contributed by atoms with Gasteiger partial charge in [-0.1, -0.05) is 78.9 Å². The molecule has 0 aliphatic carbocycles. The van der Waals surface area contributed by atoms with Crippen LogP contribution in [0.5, 0.6) is 0 Å². The molecular formula is C22H19N. The standard InChI is InChI=1S/C22H19N/c1-17-9-8-14-20-15-21(19-12-6-3-7-13-19)23(22(17)20)16-18-10-4-2-5-11-18/h2-15H,16H2,1H3. The second-order valence-corrected chi connectivity index (χ2v) is 5.98. The van der Waals surface area contributed by atoms with Crippen LogP contribution in [0, 0.1) is 6.92 Å². The lowest BCUT2D eigenvalue weighted by Crippen LogP contribution is -2.02. The lowest BCUT2D eigenvalue weighted by Gasteiger charge is -2.12. The Morgan fingerprint density at radius 3 is 2.17 bits per heavy atom. The maximum atomic E-state index is 2.44. The zero-order valence-corrected chi connectivity index (χ0v) is 13.2. The van der Waals surface area contributed by atoms with Crippen LogP contribution in [0.1, 0.15) is 11.1 Å². The largest absolute Gasteiger partial charge is 0.336 e. The SMILES string of the molecule is Cc1cccc2cc(-c3ccccc3)n(Cc3ccccc3)c12. The van der Waals surface area contributed by atoms with Gasteiger partial charge in [-0.25, -0.2) is 0 Å². The van der Waals surface area contributed by atoms with Crippen LogP contribution in [-0.2, 0) is 6.54 Å². The summed E-state index contributed by atoms with van der Waals surface area (Å²) >= 11 is 0. The molecule has 1 heterocycles. The molecule has 0 unspecified atom stereocenters. The number of benzene rings is 3. The summed E-state index contributed by atoms with van der Waals surface area (Å²) in [6.45, 7) is 3.08. The number of para-hydroxylation sites is 1. The highest BCUT2D eigenvalue weighted by Crippen LogP contribution is 2.30. The topological polar surface area (TPSA) is 4.93 Å². The van der Waals surface area contributed by atoms with Crippen molar-refractivity contribution in [2.24, 2.45) is 0 Å². The van der Waals surface area contributed by atoms with E-state index in [-0.39, 0.29) is 0 Å². The van der Waals surface area contributed by atoms with Crippen LogP contribution in [0.4, 0.5) is 0 Å². The molecule has 0 spiro atoms. The lowest BCUT2D eigenvalue weighted by atomic mass is 10.1. The van der Waals surface area contributed by atoms with E-state index in [1.54, 1.807) is 0 Å². The molecule has 1 aromatic heterocycles. The van der Waals surface area contributed by atoms with Crippen molar-refractivity contribution in [1.29, 1.82) is 0 Å². The summed E-state index contributed by atoms with van der Waals surface area (Å²) in [6.07, 6.45) is 0. The van der Waals surface area contributed by atoms with Crippen molar-refractivity contribution >= 4 is 10.9 Å². The third-order valence-corrected chi connectivity index (χ3v) is 4.37. The fourth-order valence-corrected chi connectivity index (χ4v) is 3.29. The molecule has 4 aromatic rings. The first-order chi connectivity index (χ1) is 11.3. The van der Waals surface area contributed by atoms with E-state index in [0.29, 0.717) is 0 Å². The van der Waals surface area contributed by atoms with Gasteiger partial charge in [-0.3, -0.25) is 0 Å². The van der Waals surface area contributed by atoms with Crippen molar-refractivity contribution in [3.63, 3.8) is 0 Å². The van der Waals surface area contributed by atoms with E-state index in [9.17, 15) is 0 Å². The monoisotopic (exact) mass is 297 g/mol. The lowest BCUT2D eigenvalue weighted by molar-refractivity contribution is 0.842. The van der Waals surface area contributed by atoms with E-state index in [4.69, 9.17) is 0 Å². The second kappa shape index (κ2) is 5.77. The van der Waals surface area contributed by atoms with E-state index in [2.05, 4.69) is 96.4 Å². The second-order valence-electron chi connectivity index (χ2n) is 5.98. The summed E-state index contributed by atoms with van der Waals surface area (Å²) in [5.74, 6) is 0. The molecule has 0 N–H and O–H groups in total. The highest BCUT2D eigenvalue weighted by atomic mass is 15.0. The molecule has 0 aliphatic heterocycles. The summed E-state index contributed by atoms with van der Waals surface area (Å²) in [6, 6.07) is 30.2. The first-order valence-electron chi connectivity index (χ1n) is 8.01. The van der Waals surface area contributed by atoms with Crippen LogP contribution >= 0.6 is 0 Å². The van der Waals surface area contributed by atoms with Gasteiger partial charge in [-0.05, 0) is 29.7 Å². The van der Waals surface area contributed by atoms with E-state index in [1.807, 2.05) is 0 Å². The molecule has 0 saturated heterocycles. The number of rotatable bonds is 3. The molecule has 0 fully saturated rings. The quantitative estimate of drug-likeness (QED) is 0.459. The third kappa shape index (κ3) is 2.55. The van der Waals surface area contributed by atoms with Gasteiger partial charge in [0.2, 0.25) is 0 Å². The Hall–Kier alpha value is -2.80. The summed E-state index contributed by atoms with van der Waals surface area (Å²) in [7, 11) is 0. The molecule has 0 radical (unpaired) electrons. The normalized spacial score (nSPS) is 11.0. The molecule has 1 nitrogen and oxygen atoms in total. The van der Waals surface area contributed by atoms with Gasteiger partial charge in [0.25, 0.3) is 0 Å². The number of aryl methyl sites for hydroxylation is 1. The Morgan fingerprint density at radius 2 is 1.43 bits per heavy atom. The minimum atomic E-state index is 0.888. The highest BCUT2D eigenvalue weighted by Gasteiger charge is 2.12. The summed E-state index contributed by atoms with van der Waals surface area (Å²) < 4.78 is 2.44. The molecular weight excluding hydrogens is 278 g/mol. The molecule has 112 valence electrons. The van der Waals surface area contributed by atoms with Crippen molar-refractivity contribution in [3.8, 4) is 11.3 Å². The minimum Gasteiger partial charge on any atom is -0.336 e. The fraction of sp³-hybridized carbons (Fsp3) is 0.0909. The van der Waals surface area contributed by atoms with E-state index < -0.39 is 0 Å². The predicted octanol–water partition coefficient (Wildman–Crippen LogP) is 5.67. The molecule has 0 saturated carbocycles. The van der Waals surface area contributed by atoms with E-state index in [1.165, 1.54) is 33.3 Å². The molecule has 0 aliphatic rings. The van der Waals surface area contributed by atoms with Gasteiger partial charge in [0.05, 0.1) is 5.52 Å². The van der Waals surface area contributed by atoms with Gasteiger partial charge in [0.15, 0.2) is 0 Å². The Kier molecular flexibility index (Phi) is 3.47. The number of aromatic nitrogens is 1. The molecule has 1 heteroatoms. The van der Waals surface area contributed by atoms with E-state index in [0.717, 1.165) is 6.54 Å². The maximum Gasteiger partial charge on any atom is 0.0518 e. The van der Waals surface area contributed by atoms with Crippen LogP contribution in [0.3, 0.4) is 0 Å². The van der Waals surface area contributed by atoms with Gasteiger partial charge < -0.3 is 4.57 Å². The van der Waals surface area contributed by atoms with Crippen molar-refractivity contribution in [3.05, 3.63) is 96.1 Å². The van der Waals surface area contributed by atoms with Crippen molar-refractivity contribution in [2.45, 2.75) is 13.5 Å². The maximum absolute atomic E-state index is 2.44. The molecule has 23 heavy (non-hydrogen) atoms. The Balaban J connectivity index is 1.95. The highest BCUT2D eigenvalue weighted by molar-refractivity contribution is 5.89. The van der Waals surface area contributed by atoms with Gasteiger partial charge in [-0.15, -0.1) is 0 Å². The average Bonchev–Trinajstić information content (AvgIpc) is 2.96. The molecule has 0 atom stereocenters. The van der Waals surface area contributed by atoms with Gasteiger partial charge in [0.1, 0.15) is 0 Å². The number of nitrogens with zero attached hydrogens (tertiary/aromatic N) is 1. The smallest absolute Gasteiger partial charge is 0.0518 e. The first kappa shape index (κ1) is 13.8. The Bertz CT molecular complexity index is 934. The minimum absolute atomic E-state index is 0.888. The Morgan fingerprint density at radius 1 is 0.739 bits per heavy atom. The fourth-order valence-electron chi connectivity index (χ4n) is 3.29. The predicted molar refractivity (Wildman–Crippen MR) is 97.7 cm³/mol.